The number of unbranched alkanes of at least 4 members (excludes halogenated alkanes) is 2. The van der Waals surface area contributed by atoms with Crippen LogP contribution in [0, 0.1) is 6.92 Å². The second kappa shape index (κ2) is 6.08. The topological polar surface area (TPSA) is 26.3 Å². The molecule has 0 fully saturated rings. The van der Waals surface area contributed by atoms with Crippen molar-refractivity contribution in [2.45, 2.75) is 64.9 Å². The van der Waals surface area contributed by atoms with E-state index in [4.69, 9.17) is 4.74 Å². The van der Waals surface area contributed by atoms with E-state index in [1.807, 2.05) is 26.0 Å². The number of hydrogen-bond acceptors (Lipinski definition) is 2. The van der Waals surface area contributed by atoms with Crippen LogP contribution in [-0.2, 0) is 15.1 Å². The van der Waals surface area contributed by atoms with Crippen molar-refractivity contribution in [2.24, 2.45) is 0 Å². The quantitative estimate of drug-likeness (QED) is 0.654. The van der Waals surface area contributed by atoms with Gasteiger partial charge in [0.05, 0.1) is 5.57 Å². The zero-order chi connectivity index (χ0) is 18.4. The molecule has 1 heterocycles. The summed E-state index contributed by atoms with van der Waals surface area (Å²) in [6.07, 6.45) is 3.79. The molecule has 0 N–H and O–H groups in total. The molecule has 0 saturated carbocycles. The summed E-state index contributed by atoms with van der Waals surface area (Å²) < 4.78 is 36.0. The Bertz CT molecular complexity index is 785. The predicted molar refractivity (Wildman–Crippen MR) is 94.4 cm³/mol. The number of ether oxygens (including phenoxy) is 1. The van der Waals surface area contributed by atoms with Gasteiger partial charge in [-0.25, -0.2) is 0 Å². The second-order valence-corrected chi connectivity index (χ2v) is 7.43. The highest BCUT2D eigenvalue weighted by Gasteiger charge is 2.51. The molecule has 1 aromatic rings. The number of rotatable bonds is 4. The number of hydrogen-bond donors (Lipinski definition) is 0. The molecule has 0 unspecified atom stereocenters. The summed E-state index contributed by atoms with van der Waals surface area (Å²) in [6.45, 7) is 7.44. The van der Waals surface area contributed by atoms with Gasteiger partial charge in [0.25, 0.3) is 0 Å². The van der Waals surface area contributed by atoms with E-state index >= 15 is 8.78 Å². The van der Waals surface area contributed by atoms with Gasteiger partial charge in [-0.3, -0.25) is 4.79 Å². The Morgan fingerprint density at radius 2 is 1.88 bits per heavy atom. The average Bonchev–Trinajstić information content (AvgIpc) is 2.51. The Morgan fingerprint density at radius 3 is 2.56 bits per heavy atom. The number of ketones is 1. The summed E-state index contributed by atoms with van der Waals surface area (Å²) in [6, 6.07) is 5.58. The first-order chi connectivity index (χ1) is 11.7. The number of aryl methyl sites for hydroxylation is 1. The lowest BCUT2D eigenvalue weighted by Crippen LogP contribution is -2.39. The number of allylic oxidation sites excluding steroid dienone is 3. The Balaban J connectivity index is 2.12. The van der Waals surface area contributed by atoms with Crippen molar-refractivity contribution in [1.82, 2.24) is 0 Å². The largest absolute Gasteiger partial charge is 0.480 e. The summed E-state index contributed by atoms with van der Waals surface area (Å²) in [5.74, 6) is -4.10. The average molecular weight is 346 g/mol. The summed E-state index contributed by atoms with van der Waals surface area (Å²) in [5, 5.41) is 0. The molecule has 1 aliphatic heterocycles. The van der Waals surface area contributed by atoms with Crippen LogP contribution in [0.5, 0.6) is 0 Å². The van der Waals surface area contributed by atoms with E-state index in [0.29, 0.717) is 12.0 Å². The van der Waals surface area contributed by atoms with E-state index in [2.05, 4.69) is 0 Å². The lowest BCUT2D eigenvalue weighted by atomic mass is 9.79. The molecule has 2 nitrogen and oxygen atoms in total. The number of fused-ring (bicyclic) bond motifs is 2. The number of carbonyl (C=O) groups excluding carboxylic acids is 1. The molecule has 0 aromatic heterocycles. The maximum Gasteiger partial charge on any atom is 0.326 e. The van der Waals surface area contributed by atoms with Gasteiger partial charge in [0.1, 0.15) is 5.60 Å². The zero-order valence-electron chi connectivity index (χ0n) is 15.2. The minimum Gasteiger partial charge on any atom is -0.480 e. The highest BCUT2D eigenvalue weighted by molar-refractivity contribution is 6.28. The first-order valence-electron chi connectivity index (χ1n) is 8.87. The molecular weight excluding hydrogens is 322 g/mol. The number of benzene rings is 1. The van der Waals surface area contributed by atoms with Gasteiger partial charge in [-0.15, -0.1) is 0 Å². The molecule has 1 aliphatic carbocycles. The zero-order valence-corrected chi connectivity index (χ0v) is 15.2. The van der Waals surface area contributed by atoms with Crippen LogP contribution in [0.15, 0.2) is 35.6 Å². The van der Waals surface area contributed by atoms with Crippen LogP contribution >= 0.6 is 0 Å². The third-order valence-electron chi connectivity index (χ3n) is 4.97. The van der Waals surface area contributed by atoms with Crippen LogP contribution < -0.4 is 0 Å². The number of carbonyl (C=O) groups is 1. The van der Waals surface area contributed by atoms with Gasteiger partial charge in [0.15, 0.2) is 11.5 Å². The van der Waals surface area contributed by atoms with Gasteiger partial charge in [-0.2, -0.15) is 8.78 Å². The molecule has 2 aliphatic rings. The third-order valence-corrected chi connectivity index (χ3v) is 4.97. The standard InChI is InChI=1S/C21H24F2O2/c1-5-6-7-8-14-12-17(24)18-15-11-13(2)9-10-16(15)20(3,4)25-19(18)21(14,22)23/h9-12H,5-8H2,1-4H3. The lowest BCUT2D eigenvalue weighted by Gasteiger charge is -2.40. The monoisotopic (exact) mass is 346 g/mol. The van der Waals surface area contributed by atoms with Crippen LogP contribution in [0.1, 0.15) is 63.1 Å². The molecule has 4 heteroatoms. The van der Waals surface area contributed by atoms with Crippen molar-refractivity contribution in [2.75, 3.05) is 0 Å². The molecule has 0 spiro atoms. The third kappa shape index (κ3) is 2.92. The molecule has 0 atom stereocenters. The highest BCUT2D eigenvalue weighted by atomic mass is 19.3. The van der Waals surface area contributed by atoms with Crippen LogP contribution in [0.2, 0.25) is 0 Å². The summed E-state index contributed by atoms with van der Waals surface area (Å²) >= 11 is 0. The van der Waals surface area contributed by atoms with Crippen molar-refractivity contribution < 1.29 is 18.3 Å². The summed E-state index contributed by atoms with van der Waals surface area (Å²) in [5.41, 5.74) is 1.25. The maximum atomic E-state index is 15.1. The Labute approximate surface area is 147 Å². The van der Waals surface area contributed by atoms with E-state index < -0.39 is 17.3 Å². The maximum absolute atomic E-state index is 15.1. The van der Waals surface area contributed by atoms with Gasteiger partial charge in [-0.05, 0) is 45.3 Å². The fraction of sp³-hybridized carbons (Fsp3) is 0.476. The fourth-order valence-corrected chi connectivity index (χ4v) is 3.60. The first kappa shape index (κ1) is 17.8. The molecule has 0 bridgehead atoms. The van der Waals surface area contributed by atoms with Gasteiger partial charge in [0, 0.05) is 11.1 Å². The molecule has 0 radical (unpaired) electrons. The van der Waals surface area contributed by atoms with Crippen LogP contribution in [0.25, 0.3) is 5.57 Å². The van der Waals surface area contributed by atoms with Crippen molar-refractivity contribution in [3.8, 4) is 0 Å². The van der Waals surface area contributed by atoms with Gasteiger partial charge >= 0.3 is 5.92 Å². The second-order valence-electron chi connectivity index (χ2n) is 7.43. The van der Waals surface area contributed by atoms with Gasteiger partial charge < -0.3 is 4.74 Å². The van der Waals surface area contributed by atoms with Crippen LogP contribution in [0.3, 0.4) is 0 Å². The Morgan fingerprint density at radius 1 is 1.16 bits per heavy atom. The van der Waals surface area contributed by atoms with E-state index in [1.54, 1.807) is 19.9 Å². The lowest BCUT2D eigenvalue weighted by molar-refractivity contribution is -0.112. The molecule has 1 aromatic carbocycles. The van der Waals surface area contributed by atoms with E-state index in [1.165, 1.54) is 0 Å². The number of halogens is 2. The molecule has 0 amide bonds. The molecule has 0 saturated heterocycles. The molecule has 134 valence electrons. The van der Waals surface area contributed by atoms with Gasteiger partial charge in [0.2, 0.25) is 0 Å². The van der Waals surface area contributed by atoms with Crippen molar-refractivity contribution in [1.29, 1.82) is 0 Å². The minimum atomic E-state index is -3.24. The van der Waals surface area contributed by atoms with Crippen molar-refractivity contribution >= 4 is 11.4 Å². The minimum absolute atomic E-state index is 0.0160. The first-order valence-corrected chi connectivity index (χ1v) is 8.87. The van der Waals surface area contributed by atoms with Crippen molar-refractivity contribution in [3.05, 3.63) is 52.3 Å². The van der Waals surface area contributed by atoms with Crippen LogP contribution in [-0.4, -0.2) is 11.7 Å². The highest BCUT2D eigenvalue weighted by Crippen LogP contribution is 2.51. The molecule has 25 heavy (non-hydrogen) atoms. The Kier molecular flexibility index (Phi) is 4.34. The normalized spacial score (nSPS) is 20.6. The van der Waals surface area contributed by atoms with Crippen molar-refractivity contribution in [3.63, 3.8) is 0 Å². The van der Waals surface area contributed by atoms with E-state index in [0.717, 1.165) is 30.0 Å². The number of alkyl halides is 2. The molecule has 3 rings (SSSR count). The SMILES string of the molecule is CCCCCC1=CC(=O)C2=C(OC(C)(C)c3ccc(C)cc32)C1(F)F. The van der Waals surface area contributed by atoms with Gasteiger partial charge in [-0.1, -0.05) is 43.5 Å². The van der Waals surface area contributed by atoms with E-state index in [-0.39, 0.29) is 23.4 Å². The summed E-state index contributed by atoms with van der Waals surface area (Å²) in [4.78, 5) is 12.7. The molecular formula is C21H24F2O2. The smallest absolute Gasteiger partial charge is 0.326 e. The Hall–Kier alpha value is -1.97. The van der Waals surface area contributed by atoms with Crippen LogP contribution in [0.4, 0.5) is 8.78 Å². The predicted octanol–water partition coefficient (Wildman–Crippen LogP) is 5.70. The fourth-order valence-electron chi connectivity index (χ4n) is 3.60. The van der Waals surface area contributed by atoms with E-state index in [9.17, 15) is 4.79 Å². The summed E-state index contributed by atoms with van der Waals surface area (Å²) in [7, 11) is 0.